The SMILES string of the molecule is Cc1ccn(CC(NC2CC2)C(N)=O)n1. The van der Waals surface area contributed by atoms with Crippen LogP contribution < -0.4 is 11.1 Å². The number of aromatic nitrogens is 2. The smallest absolute Gasteiger partial charge is 0.236 e. The molecule has 82 valence electrons. The summed E-state index contributed by atoms with van der Waals surface area (Å²) in [6.45, 7) is 2.43. The molecule has 5 nitrogen and oxygen atoms in total. The molecule has 1 aromatic rings. The van der Waals surface area contributed by atoms with Crippen LogP contribution in [0.2, 0.25) is 0 Å². The van der Waals surface area contributed by atoms with E-state index in [2.05, 4.69) is 10.4 Å². The molecule has 0 aromatic carbocycles. The highest BCUT2D eigenvalue weighted by Crippen LogP contribution is 2.19. The van der Waals surface area contributed by atoms with Crippen LogP contribution in [0.5, 0.6) is 0 Å². The Balaban J connectivity index is 1.95. The molecule has 0 saturated heterocycles. The van der Waals surface area contributed by atoms with Crippen LogP contribution in [0, 0.1) is 6.92 Å². The predicted octanol–water partition coefficient (Wildman–Crippen LogP) is -0.203. The molecule has 0 spiro atoms. The fourth-order valence-corrected chi connectivity index (χ4v) is 1.51. The van der Waals surface area contributed by atoms with E-state index in [4.69, 9.17) is 5.73 Å². The largest absolute Gasteiger partial charge is 0.368 e. The van der Waals surface area contributed by atoms with E-state index in [1.807, 2.05) is 19.2 Å². The van der Waals surface area contributed by atoms with Crippen molar-refractivity contribution in [3.63, 3.8) is 0 Å². The number of nitrogens with zero attached hydrogens (tertiary/aromatic N) is 2. The molecule has 1 fully saturated rings. The fourth-order valence-electron chi connectivity index (χ4n) is 1.51. The van der Waals surface area contributed by atoms with Gasteiger partial charge in [0, 0.05) is 12.2 Å². The first-order valence-corrected chi connectivity index (χ1v) is 5.20. The van der Waals surface area contributed by atoms with Gasteiger partial charge in [0.05, 0.1) is 12.2 Å². The number of carbonyl (C=O) groups is 1. The quantitative estimate of drug-likeness (QED) is 0.703. The third kappa shape index (κ3) is 2.79. The number of nitrogens with two attached hydrogens (primary N) is 1. The Bertz CT molecular complexity index is 356. The summed E-state index contributed by atoms with van der Waals surface area (Å²) in [5.74, 6) is -0.310. The van der Waals surface area contributed by atoms with Crippen LogP contribution in [0.15, 0.2) is 12.3 Å². The van der Waals surface area contributed by atoms with E-state index >= 15 is 0 Å². The minimum absolute atomic E-state index is 0.309. The summed E-state index contributed by atoms with van der Waals surface area (Å²) < 4.78 is 1.75. The Morgan fingerprint density at radius 3 is 3.00 bits per heavy atom. The van der Waals surface area contributed by atoms with Crippen molar-refractivity contribution < 1.29 is 4.79 Å². The molecular formula is C10H16N4O. The molecule has 1 aliphatic rings. The third-order valence-corrected chi connectivity index (χ3v) is 2.50. The normalized spacial score (nSPS) is 17.7. The van der Waals surface area contributed by atoms with E-state index in [-0.39, 0.29) is 11.9 Å². The molecule has 2 rings (SSSR count). The zero-order chi connectivity index (χ0) is 10.8. The summed E-state index contributed by atoms with van der Waals surface area (Å²) in [7, 11) is 0. The van der Waals surface area contributed by atoms with Gasteiger partial charge in [-0.3, -0.25) is 9.48 Å². The van der Waals surface area contributed by atoms with Crippen LogP contribution in [0.4, 0.5) is 0 Å². The second-order valence-electron chi connectivity index (χ2n) is 4.08. The number of amides is 1. The minimum atomic E-state index is -0.310. The van der Waals surface area contributed by atoms with Crippen molar-refractivity contribution in [2.75, 3.05) is 0 Å². The number of primary amides is 1. The minimum Gasteiger partial charge on any atom is -0.368 e. The van der Waals surface area contributed by atoms with E-state index in [9.17, 15) is 4.79 Å². The van der Waals surface area contributed by atoms with E-state index in [1.54, 1.807) is 4.68 Å². The van der Waals surface area contributed by atoms with Crippen LogP contribution in [-0.2, 0) is 11.3 Å². The van der Waals surface area contributed by atoms with Crippen LogP contribution in [-0.4, -0.2) is 27.8 Å². The molecule has 1 saturated carbocycles. The molecule has 0 bridgehead atoms. The Hall–Kier alpha value is -1.36. The predicted molar refractivity (Wildman–Crippen MR) is 56.1 cm³/mol. The topological polar surface area (TPSA) is 72.9 Å². The standard InChI is InChI=1S/C10H16N4O/c1-7-4-5-14(13-7)6-9(10(11)15)12-8-2-3-8/h4-5,8-9,12H,2-3,6H2,1H3,(H2,11,15). The average molecular weight is 208 g/mol. The lowest BCUT2D eigenvalue weighted by Gasteiger charge is -2.14. The van der Waals surface area contributed by atoms with E-state index in [0.29, 0.717) is 12.6 Å². The lowest BCUT2D eigenvalue weighted by molar-refractivity contribution is -0.120. The summed E-state index contributed by atoms with van der Waals surface area (Å²) >= 11 is 0. The summed E-state index contributed by atoms with van der Waals surface area (Å²) in [5.41, 5.74) is 6.27. The molecule has 5 heteroatoms. The summed E-state index contributed by atoms with van der Waals surface area (Å²) in [5, 5.41) is 7.44. The van der Waals surface area contributed by atoms with Crippen molar-refractivity contribution in [2.45, 2.75) is 38.4 Å². The number of hydrogen-bond donors (Lipinski definition) is 2. The lowest BCUT2D eigenvalue weighted by Crippen LogP contribution is -2.45. The molecule has 3 N–H and O–H groups in total. The molecule has 1 unspecified atom stereocenters. The molecule has 15 heavy (non-hydrogen) atoms. The molecule has 1 aromatic heterocycles. The highest BCUT2D eigenvalue weighted by Gasteiger charge is 2.27. The highest BCUT2D eigenvalue weighted by atomic mass is 16.1. The van der Waals surface area contributed by atoms with Crippen molar-refractivity contribution in [1.82, 2.24) is 15.1 Å². The van der Waals surface area contributed by atoms with Crippen LogP contribution in [0.3, 0.4) is 0 Å². The number of rotatable bonds is 5. The summed E-state index contributed by atoms with van der Waals surface area (Å²) in [6.07, 6.45) is 4.14. The molecule has 1 atom stereocenters. The van der Waals surface area contributed by atoms with E-state index < -0.39 is 0 Å². The molecule has 0 radical (unpaired) electrons. The van der Waals surface area contributed by atoms with Crippen molar-refractivity contribution in [1.29, 1.82) is 0 Å². The first-order valence-electron chi connectivity index (χ1n) is 5.20. The van der Waals surface area contributed by atoms with Crippen molar-refractivity contribution >= 4 is 5.91 Å². The maximum Gasteiger partial charge on any atom is 0.236 e. The number of nitrogens with one attached hydrogen (secondary N) is 1. The Kier molecular flexibility index (Phi) is 2.73. The molecule has 0 aliphatic heterocycles. The van der Waals surface area contributed by atoms with Gasteiger partial charge in [-0.05, 0) is 25.8 Å². The van der Waals surface area contributed by atoms with Crippen molar-refractivity contribution in [3.05, 3.63) is 18.0 Å². The first kappa shape index (κ1) is 10.2. The third-order valence-electron chi connectivity index (χ3n) is 2.50. The van der Waals surface area contributed by atoms with Crippen molar-refractivity contribution in [3.8, 4) is 0 Å². The van der Waals surface area contributed by atoms with Crippen LogP contribution >= 0.6 is 0 Å². The molecular weight excluding hydrogens is 192 g/mol. The zero-order valence-electron chi connectivity index (χ0n) is 8.81. The monoisotopic (exact) mass is 208 g/mol. The number of aryl methyl sites for hydroxylation is 1. The van der Waals surface area contributed by atoms with Crippen LogP contribution in [0.25, 0.3) is 0 Å². The van der Waals surface area contributed by atoms with Gasteiger partial charge in [0.25, 0.3) is 0 Å². The van der Waals surface area contributed by atoms with E-state index in [1.165, 1.54) is 0 Å². The van der Waals surface area contributed by atoms with Crippen molar-refractivity contribution in [2.24, 2.45) is 5.73 Å². The summed E-state index contributed by atoms with van der Waals surface area (Å²) in [4.78, 5) is 11.2. The molecule has 1 aliphatic carbocycles. The van der Waals surface area contributed by atoms with Gasteiger partial charge in [0.15, 0.2) is 0 Å². The van der Waals surface area contributed by atoms with E-state index in [0.717, 1.165) is 18.5 Å². The van der Waals surface area contributed by atoms with Gasteiger partial charge in [-0.25, -0.2) is 0 Å². The lowest BCUT2D eigenvalue weighted by atomic mass is 10.2. The van der Waals surface area contributed by atoms with Gasteiger partial charge in [-0.1, -0.05) is 0 Å². The second-order valence-corrected chi connectivity index (χ2v) is 4.08. The zero-order valence-corrected chi connectivity index (χ0v) is 8.81. The maximum atomic E-state index is 11.2. The second kappa shape index (κ2) is 4.02. The number of carbonyl (C=O) groups excluding carboxylic acids is 1. The Labute approximate surface area is 88.6 Å². The van der Waals surface area contributed by atoms with Gasteiger partial charge in [-0.15, -0.1) is 0 Å². The highest BCUT2D eigenvalue weighted by molar-refractivity contribution is 5.79. The van der Waals surface area contributed by atoms with Gasteiger partial charge < -0.3 is 11.1 Å². The number of hydrogen-bond acceptors (Lipinski definition) is 3. The van der Waals surface area contributed by atoms with Gasteiger partial charge >= 0.3 is 0 Å². The molecule has 1 amide bonds. The van der Waals surface area contributed by atoms with Gasteiger partial charge in [-0.2, -0.15) is 5.10 Å². The Morgan fingerprint density at radius 2 is 2.53 bits per heavy atom. The van der Waals surface area contributed by atoms with Gasteiger partial charge in [0.2, 0.25) is 5.91 Å². The average Bonchev–Trinajstić information content (AvgIpc) is 2.89. The van der Waals surface area contributed by atoms with Gasteiger partial charge in [0.1, 0.15) is 6.04 Å². The fraction of sp³-hybridized carbons (Fsp3) is 0.600. The first-order chi connectivity index (χ1) is 7.15. The van der Waals surface area contributed by atoms with Crippen LogP contribution in [0.1, 0.15) is 18.5 Å². The summed E-state index contributed by atoms with van der Waals surface area (Å²) in [6, 6.07) is 2.07. The Morgan fingerprint density at radius 1 is 1.80 bits per heavy atom. The maximum absolute atomic E-state index is 11.2. The molecule has 1 heterocycles.